The molecule has 0 saturated carbocycles. The Bertz CT molecular complexity index is 913. The zero-order valence-corrected chi connectivity index (χ0v) is 24.7. The van der Waals surface area contributed by atoms with Gasteiger partial charge in [-0.25, -0.2) is 0 Å². The Labute approximate surface area is 236 Å². The molecule has 1 heterocycles. The van der Waals surface area contributed by atoms with Gasteiger partial charge in [0, 0.05) is 19.0 Å². The van der Waals surface area contributed by atoms with E-state index in [1.807, 2.05) is 27.7 Å². The maximum atomic E-state index is 13.4. The predicted octanol–water partition coefficient (Wildman–Crippen LogP) is -0.301. The largest absolute Gasteiger partial charge is 0.481 e. The number of carbonyl (C=O) groups excluding carboxylic acids is 5. The summed E-state index contributed by atoms with van der Waals surface area (Å²) < 4.78 is 0. The van der Waals surface area contributed by atoms with Crippen molar-refractivity contribution in [3.8, 4) is 0 Å². The second-order valence-corrected chi connectivity index (χ2v) is 11.3. The third-order valence-corrected chi connectivity index (χ3v) is 6.69. The summed E-state index contributed by atoms with van der Waals surface area (Å²) in [6.45, 7) is 12.2. The fourth-order valence-corrected chi connectivity index (χ4v) is 4.49. The first-order chi connectivity index (χ1) is 18.5. The van der Waals surface area contributed by atoms with Crippen molar-refractivity contribution in [2.24, 2.45) is 5.92 Å². The van der Waals surface area contributed by atoms with E-state index in [0.717, 1.165) is 0 Å². The Morgan fingerprint density at radius 3 is 2.02 bits per heavy atom. The number of carbonyl (C=O) groups is 6. The summed E-state index contributed by atoms with van der Waals surface area (Å²) in [4.78, 5) is 76.8. The van der Waals surface area contributed by atoms with Crippen LogP contribution in [-0.2, 0) is 28.8 Å². The Morgan fingerprint density at radius 1 is 0.900 bits per heavy atom. The number of hydrogen-bond donors (Lipinski definition) is 6. The van der Waals surface area contributed by atoms with Crippen LogP contribution in [0.25, 0.3) is 0 Å². The Kier molecular flexibility index (Phi) is 14.2. The molecule has 4 amide bonds. The summed E-state index contributed by atoms with van der Waals surface area (Å²) in [5, 5.41) is 29.9. The van der Waals surface area contributed by atoms with E-state index in [0.29, 0.717) is 25.8 Å². The molecule has 1 rings (SSSR count). The van der Waals surface area contributed by atoms with E-state index >= 15 is 0 Å². The molecule has 1 fully saturated rings. The van der Waals surface area contributed by atoms with Gasteiger partial charge in [-0.15, -0.1) is 0 Å². The van der Waals surface area contributed by atoms with Crippen molar-refractivity contribution >= 4 is 35.4 Å². The van der Waals surface area contributed by atoms with Crippen molar-refractivity contribution in [2.45, 2.75) is 123 Å². The summed E-state index contributed by atoms with van der Waals surface area (Å²) in [6.07, 6.45) is -0.541. The smallest absolute Gasteiger partial charge is 0.303 e. The third-order valence-electron chi connectivity index (χ3n) is 6.69. The number of amides is 4. The number of aliphatic hydroxyl groups excluding tert-OH is 1. The average molecular weight is 570 g/mol. The number of carboxylic acid groups (broad SMARTS) is 1. The van der Waals surface area contributed by atoms with Gasteiger partial charge in [0.1, 0.15) is 18.1 Å². The first-order valence-electron chi connectivity index (χ1n) is 13.9. The van der Waals surface area contributed by atoms with E-state index in [-0.39, 0.29) is 30.1 Å². The highest BCUT2D eigenvalue weighted by Crippen LogP contribution is 2.21. The molecule has 0 aromatic heterocycles. The first-order valence-corrected chi connectivity index (χ1v) is 13.9. The number of nitrogens with zero attached hydrogens (tertiary/aromatic N) is 1. The lowest BCUT2D eigenvalue weighted by atomic mass is 10.0. The van der Waals surface area contributed by atoms with Crippen molar-refractivity contribution in [2.75, 3.05) is 6.54 Å². The monoisotopic (exact) mass is 569 g/mol. The molecule has 1 aliphatic rings. The molecule has 13 nitrogen and oxygen atoms in total. The van der Waals surface area contributed by atoms with Gasteiger partial charge in [-0.3, -0.25) is 28.8 Å². The van der Waals surface area contributed by atoms with E-state index in [1.165, 1.54) is 25.7 Å². The molecule has 13 heteroatoms. The van der Waals surface area contributed by atoms with Gasteiger partial charge in [-0.1, -0.05) is 27.7 Å². The number of rotatable bonds is 16. The highest BCUT2D eigenvalue weighted by atomic mass is 16.4. The second kappa shape index (κ2) is 16.3. The normalized spacial score (nSPS) is 18.9. The standard InChI is InChI=1S/C27H47N5O8/c1-14(2)13-20(28-15(3)4)27(40)32-12-8-9-21(32)25(38)30-19(10-11-22(35)36)24(37)31-23(18(7)34)26(39)29-16(5)17(6)33/h14-16,18-21,23,28,34H,8-13H2,1-7H3,(H,29,39)(H,30,38)(H,31,37)(H,35,36)/t16-,18?,19-,20-,21-,23-/m0/s1. The molecular formula is C27H47N5O8. The van der Waals surface area contributed by atoms with Crippen LogP contribution in [0.15, 0.2) is 0 Å². The summed E-state index contributed by atoms with van der Waals surface area (Å²) in [5.41, 5.74) is 0. The van der Waals surface area contributed by atoms with Crippen LogP contribution in [0, 0.1) is 5.92 Å². The van der Waals surface area contributed by atoms with Crippen LogP contribution in [0.4, 0.5) is 0 Å². The van der Waals surface area contributed by atoms with Crippen molar-refractivity contribution in [3.63, 3.8) is 0 Å². The molecule has 0 aromatic carbocycles. The van der Waals surface area contributed by atoms with Gasteiger partial charge < -0.3 is 36.4 Å². The Hall–Kier alpha value is -3.06. The van der Waals surface area contributed by atoms with E-state index in [2.05, 4.69) is 21.3 Å². The van der Waals surface area contributed by atoms with E-state index in [9.17, 15) is 39.0 Å². The third kappa shape index (κ3) is 11.2. The van der Waals surface area contributed by atoms with Crippen LogP contribution in [0.2, 0.25) is 0 Å². The van der Waals surface area contributed by atoms with Gasteiger partial charge in [-0.05, 0) is 52.4 Å². The van der Waals surface area contributed by atoms with Crippen molar-refractivity contribution in [1.82, 2.24) is 26.2 Å². The van der Waals surface area contributed by atoms with Crippen molar-refractivity contribution in [1.29, 1.82) is 0 Å². The quantitative estimate of drug-likeness (QED) is 0.145. The molecule has 1 saturated heterocycles. The number of carboxylic acids is 1. The lowest BCUT2D eigenvalue weighted by molar-refractivity contribution is -0.142. The van der Waals surface area contributed by atoms with Gasteiger partial charge in [0.2, 0.25) is 23.6 Å². The van der Waals surface area contributed by atoms with Crippen LogP contribution in [0.1, 0.15) is 80.6 Å². The maximum absolute atomic E-state index is 13.4. The summed E-state index contributed by atoms with van der Waals surface area (Å²) in [5.74, 6) is -3.79. The van der Waals surface area contributed by atoms with E-state index < -0.39 is 66.4 Å². The van der Waals surface area contributed by atoms with Crippen LogP contribution in [0.3, 0.4) is 0 Å². The minimum absolute atomic E-state index is 0.0455. The van der Waals surface area contributed by atoms with Crippen molar-refractivity contribution < 1.29 is 39.0 Å². The number of likely N-dealkylation sites (tertiary alicyclic amines) is 1. The molecule has 40 heavy (non-hydrogen) atoms. The molecule has 228 valence electrons. The minimum atomic E-state index is -1.46. The summed E-state index contributed by atoms with van der Waals surface area (Å²) in [7, 11) is 0. The first kappa shape index (κ1) is 35.0. The highest BCUT2D eigenvalue weighted by molar-refractivity contribution is 5.96. The summed E-state index contributed by atoms with van der Waals surface area (Å²) >= 11 is 0. The van der Waals surface area contributed by atoms with Crippen LogP contribution >= 0.6 is 0 Å². The van der Waals surface area contributed by atoms with Gasteiger partial charge in [-0.2, -0.15) is 0 Å². The lowest BCUT2D eigenvalue weighted by Crippen LogP contribution is -2.60. The maximum Gasteiger partial charge on any atom is 0.303 e. The number of nitrogens with one attached hydrogen (secondary N) is 4. The number of Topliss-reactive ketones (excluding diaryl/α,β-unsaturated/α-hetero) is 1. The van der Waals surface area contributed by atoms with Crippen LogP contribution in [-0.4, -0.2) is 99.4 Å². The molecular weight excluding hydrogens is 522 g/mol. The Balaban J connectivity index is 3.09. The molecule has 0 spiro atoms. The molecule has 1 unspecified atom stereocenters. The molecule has 1 aliphatic heterocycles. The second-order valence-electron chi connectivity index (χ2n) is 11.3. The van der Waals surface area contributed by atoms with Gasteiger partial charge in [0.25, 0.3) is 0 Å². The minimum Gasteiger partial charge on any atom is -0.481 e. The molecule has 0 aromatic rings. The highest BCUT2D eigenvalue weighted by Gasteiger charge is 2.39. The van der Waals surface area contributed by atoms with Gasteiger partial charge in [0.05, 0.1) is 18.2 Å². The van der Waals surface area contributed by atoms with Crippen molar-refractivity contribution in [3.05, 3.63) is 0 Å². The fraction of sp³-hybridized carbons (Fsp3) is 0.778. The average Bonchev–Trinajstić information content (AvgIpc) is 3.32. The fourth-order valence-electron chi connectivity index (χ4n) is 4.49. The van der Waals surface area contributed by atoms with E-state index in [1.54, 1.807) is 0 Å². The van der Waals surface area contributed by atoms with Gasteiger partial charge >= 0.3 is 5.97 Å². The summed E-state index contributed by atoms with van der Waals surface area (Å²) in [6, 6.07) is -4.94. The SMILES string of the molecule is CC(=O)[C@H](C)NC(=O)[C@@H](NC(=O)[C@H](CCC(=O)O)NC(=O)[C@@H]1CCCN1C(=O)[C@H](CC(C)C)NC(C)C)C(C)O. The molecule has 0 radical (unpaired) electrons. The Morgan fingerprint density at radius 2 is 1.52 bits per heavy atom. The topological polar surface area (TPSA) is 194 Å². The van der Waals surface area contributed by atoms with Crippen LogP contribution < -0.4 is 21.3 Å². The number of ketones is 1. The predicted molar refractivity (Wildman–Crippen MR) is 147 cm³/mol. The molecule has 0 bridgehead atoms. The molecule has 0 aliphatic carbocycles. The zero-order valence-electron chi connectivity index (χ0n) is 24.7. The molecule has 6 N–H and O–H groups in total. The number of aliphatic hydroxyl groups is 1. The number of hydrogen-bond acceptors (Lipinski definition) is 8. The molecule has 6 atom stereocenters. The zero-order chi connectivity index (χ0) is 30.7. The van der Waals surface area contributed by atoms with Gasteiger partial charge in [0.15, 0.2) is 5.78 Å². The van der Waals surface area contributed by atoms with Crippen LogP contribution in [0.5, 0.6) is 0 Å². The van der Waals surface area contributed by atoms with E-state index in [4.69, 9.17) is 0 Å². The number of aliphatic carboxylic acids is 1. The lowest BCUT2D eigenvalue weighted by Gasteiger charge is -2.31.